The molecule has 0 aliphatic heterocycles. The zero-order chi connectivity index (χ0) is 15.6. The molecular weight excluding hydrogens is 314 g/mol. The van der Waals surface area contributed by atoms with Crippen LogP contribution >= 0.6 is 11.3 Å². The molecule has 114 valence electrons. The first kappa shape index (κ1) is 15.7. The van der Waals surface area contributed by atoms with Crippen molar-refractivity contribution in [2.45, 2.75) is 31.2 Å². The highest BCUT2D eigenvalue weighted by molar-refractivity contribution is 7.89. The lowest BCUT2D eigenvalue weighted by molar-refractivity contribution is 0.0691. The van der Waals surface area contributed by atoms with Crippen LogP contribution in [0.1, 0.15) is 40.3 Å². The lowest BCUT2D eigenvalue weighted by Crippen LogP contribution is -2.26. The van der Waals surface area contributed by atoms with E-state index >= 15 is 0 Å². The molecule has 0 saturated heterocycles. The highest BCUT2D eigenvalue weighted by Gasteiger charge is 2.22. The van der Waals surface area contributed by atoms with Gasteiger partial charge in [-0.15, -0.1) is 11.3 Å². The normalized spacial score (nSPS) is 13.2. The number of carboxylic acids is 1. The van der Waals surface area contributed by atoms with E-state index in [0.717, 1.165) is 23.6 Å². The molecule has 2 heterocycles. The summed E-state index contributed by atoms with van der Waals surface area (Å²) in [4.78, 5) is 18.3. The maximum atomic E-state index is 12.2. The van der Waals surface area contributed by atoms with E-state index in [-0.39, 0.29) is 10.6 Å². The van der Waals surface area contributed by atoms with Gasteiger partial charge >= 0.3 is 5.97 Å². The maximum Gasteiger partial charge on any atom is 0.352 e. The zero-order valence-corrected chi connectivity index (χ0v) is 13.1. The molecule has 7 nitrogen and oxygen atoms in total. The number of rotatable bonds is 6. The van der Waals surface area contributed by atoms with Crippen molar-refractivity contribution in [3.05, 3.63) is 34.0 Å². The number of aromatic amines is 1. The molecule has 2 rings (SSSR count). The van der Waals surface area contributed by atoms with Gasteiger partial charge in [-0.2, -0.15) is 0 Å². The lowest BCUT2D eigenvalue weighted by atomic mass is 10.4. The predicted octanol–water partition coefficient (Wildman–Crippen LogP) is 1.77. The summed E-state index contributed by atoms with van der Waals surface area (Å²) in [6.07, 6.45) is 3.72. The first-order chi connectivity index (χ1) is 9.83. The van der Waals surface area contributed by atoms with Crippen molar-refractivity contribution in [1.29, 1.82) is 0 Å². The molecule has 0 fully saturated rings. The molecule has 21 heavy (non-hydrogen) atoms. The van der Waals surface area contributed by atoms with Crippen molar-refractivity contribution in [1.82, 2.24) is 14.7 Å². The van der Waals surface area contributed by atoms with Crippen molar-refractivity contribution in [3.63, 3.8) is 0 Å². The molecule has 0 saturated carbocycles. The first-order valence-electron chi connectivity index (χ1n) is 6.22. The number of aryl methyl sites for hydroxylation is 1. The van der Waals surface area contributed by atoms with Crippen molar-refractivity contribution in [2.75, 3.05) is 0 Å². The van der Waals surface area contributed by atoms with Crippen LogP contribution in [0, 0.1) is 0 Å². The van der Waals surface area contributed by atoms with Crippen LogP contribution in [0.2, 0.25) is 0 Å². The molecular formula is C12H15N3O4S2. The second kappa shape index (κ2) is 5.96. The van der Waals surface area contributed by atoms with Gasteiger partial charge in [0.1, 0.15) is 15.6 Å². The van der Waals surface area contributed by atoms with Crippen LogP contribution in [0.3, 0.4) is 0 Å². The highest BCUT2D eigenvalue weighted by atomic mass is 32.2. The Morgan fingerprint density at radius 3 is 2.81 bits per heavy atom. The van der Waals surface area contributed by atoms with Crippen molar-refractivity contribution in [3.8, 4) is 0 Å². The third-order valence-corrected chi connectivity index (χ3v) is 5.66. The van der Waals surface area contributed by atoms with Gasteiger partial charge in [0.15, 0.2) is 0 Å². The van der Waals surface area contributed by atoms with Crippen LogP contribution in [0.15, 0.2) is 23.4 Å². The Kier molecular flexibility index (Phi) is 4.45. The summed E-state index contributed by atoms with van der Waals surface area (Å²) in [6.45, 7) is 3.69. The molecule has 0 aliphatic rings. The van der Waals surface area contributed by atoms with E-state index in [9.17, 15) is 13.2 Å². The van der Waals surface area contributed by atoms with Crippen molar-refractivity contribution >= 4 is 27.3 Å². The smallest absolute Gasteiger partial charge is 0.352 e. The standard InChI is InChI=1S/C12H15N3O4S2/c1-3-8-5-14-11(20-8)7(2)15-21(18,19)9-4-10(12(16)17)13-6-9/h4-7,13,15H,3H2,1-2H3,(H,16,17). The third kappa shape index (κ3) is 3.49. The zero-order valence-electron chi connectivity index (χ0n) is 11.5. The van der Waals surface area contributed by atoms with Gasteiger partial charge in [0.2, 0.25) is 10.0 Å². The van der Waals surface area contributed by atoms with Gasteiger partial charge in [0.25, 0.3) is 0 Å². The van der Waals surface area contributed by atoms with Crippen LogP contribution in [-0.2, 0) is 16.4 Å². The van der Waals surface area contributed by atoms with E-state index in [4.69, 9.17) is 5.11 Å². The predicted molar refractivity (Wildman–Crippen MR) is 78.0 cm³/mol. The van der Waals surface area contributed by atoms with E-state index < -0.39 is 22.0 Å². The van der Waals surface area contributed by atoms with E-state index in [0.29, 0.717) is 5.01 Å². The van der Waals surface area contributed by atoms with Gasteiger partial charge in [-0.05, 0) is 19.4 Å². The van der Waals surface area contributed by atoms with Gasteiger partial charge in [-0.3, -0.25) is 0 Å². The van der Waals surface area contributed by atoms with Crippen LogP contribution < -0.4 is 4.72 Å². The van der Waals surface area contributed by atoms with E-state index in [1.807, 2.05) is 6.92 Å². The summed E-state index contributed by atoms with van der Waals surface area (Å²) in [5.74, 6) is -1.21. The summed E-state index contributed by atoms with van der Waals surface area (Å²) < 4.78 is 26.8. The van der Waals surface area contributed by atoms with Gasteiger partial charge in [-0.25, -0.2) is 22.9 Å². The van der Waals surface area contributed by atoms with E-state index in [2.05, 4.69) is 14.7 Å². The number of nitrogens with one attached hydrogen (secondary N) is 2. The maximum absolute atomic E-state index is 12.2. The molecule has 0 bridgehead atoms. The second-order valence-corrected chi connectivity index (χ2v) is 7.28. The number of H-pyrrole nitrogens is 1. The monoisotopic (exact) mass is 329 g/mol. The molecule has 2 aromatic heterocycles. The summed E-state index contributed by atoms with van der Waals surface area (Å²) >= 11 is 1.45. The number of carboxylic acid groups (broad SMARTS) is 1. The molecule has 0 amide bonds. The lowest BCUT2D eigenvalue weighted by Gasteiger charge is -2.10. The molecule has 0 spiro atoms. The van der Waals surface area contributed by atoms with Crippen LogP contribution in [0.5, 0.6) is 0 Å². The number of nitrogens with zero attached hydrogens (tertiary/aromatic N) is 1. The Labute approximate surface area is 126 Å². The summed E-state index contributed by atoms with van der Waals surface area (Å²) in [7, 11) is -3.80. The largest absolute Gasteiger partial charge is 0.477 e. The Bertz CT molecular complexity index is 748. The fourth-order valence-electron chi connectivity index (χ4n) is 1.69. The summed E-state index contributed by atoms with van der Waals surface area (Å²) in [5, 5.41) is 9.47. The van der Waals surface area contributed by atoms with E-state index in [1.54, 1.807) is 13.1 Å². The Hall–Kier alpha value is -1.71. The quantitative estimate of drug-likeness (QED) is 0.747. The molecule has 3 N–H and O–H groups in total. The third-order valence-electron chi connectivity index (χ3n) is 2.82. The van der Waals surface area contributed by atoms with Crippen LogP contribution in [0.4, 0.5) is 0 Å². The molecule has 1 atom stereocenters. The topological polar surface area (TPSA) is 112 Å². The number of aromatic carboxylic acids is 1. The van der Waals surface area contributed by atoms with Crippen molar-refractivity contribution < 1.29 is 18.3 Å². The Morgan fingerprint density at radius 2 is 2.29 bits per heavy atom. The summed E-state index contributed by atoms with van der Waals surface area (Å²) in [6, 6.07) is 0.597. The molecule has 1 unspecified atom stereocenters. The fourth-order valence-corrected chi connectivity index (χ4v) is 3.82. The average molecular weight is 329 g/mol. The molecule has 0 radical (unpaired) electrons. The van der Waals surface area contributed by atoms with Gasteiger partial charge < -0.3 is 10.1 Å². The molecule has 0 aromatic carbocycles. The first-order valence-corrected chi connectivity index (χ1v) is 8.52. The number of carbonyl (C=O) groups is 1. The van der Waals surface area contributed by atoms with Gasteiger partial charge in [0, 0.05) is 17.3 Å². The minimum Gasteiger partial charge on any atom is -0.477 e. The Balaban J connectivity index is 2.17. The second-order valence-electron chi connectivity index (χ2n) is 4.42. The van der Waals surface area contributed by atoms with E-state index in [1.165, 1.54) is 11.3 Å². The number of thiazole rings is 1. The van der Waals surface area contributed by atoms with Crippen LogP contribution in [-0.4, -0.2) is 29.5 Å². The number of sulfonamides is 1. The average Bonchev–Trinajstić information content (AvgIpc) is 3.07. The minimum absolute atomic E-state index is 0.112. The Morgan fingerprint density at radius 1 is 1.57 bits per heavy atom. The number of aromatic nitrogens is 2. The van der Waals surface area contributed by atoms with Crippen molar-refractivity contribution in [2.24, 2.45) is 0 Å². The summed E-state index contributed by atoms with van der Waals surface area (Å²) in [5.41, 5.74) is -0.175. The number of hydrogen-bond donors (Lipinski definition) is 3. The molecule has 0 aliphatic carbocycles. The number of hydrogen-bond acceptors (Lipinski definition) is 5. The SMILES string of the molecule is CCc1cnc(C(C)NS(=O)(=O)c2c[nH]c(C(=O)O)c2)s1. The molecule has 2 aromatic rings. The fraction of sp³-hybridized carbons (Fsp3) is 0.333. The van der Waals surface area contributed by atoms with Crippen LogP contribution in [0.25, 0.3) is 0 Å². The minimum atomic E-state index is -3.80. The highest BCUT2D eigenvalue weighted by Crippen LogP contribution is 2.22. The van der Waals surface area contributed by atoms with Gasteiger partial charge in [0.05, 0.1) is 6.04 Å². The van der Waals surface area contributed by atoms with Gasteiger partial charge in [-0.1, -0.05) is 6.92 Å². The molecule has 9 heteroatoms.